The van der Waals surface area contributed by atoms with Crippen LogP contribution < -0.4 is 10.1 Å². The highest BCUT2D eigenvalue weighted by Gasteiger charge is 2.17. The van der Waals surface area contributed by atoms with Crippen LogP contribution in [0.4, 0.5) is 4.39 Å². The predicted molar refractivity (Wildman–Crippen MR) is 92.4 cm³/mol. The van der Waals surface area contributed by atoms with E-state index < -0.39 is 5.82 Å². The van der Waals surface area contributed by atoms with Crippen LogP contribution in [0.1, 0.15) is 27.6 Å². The normalized spacial score (nSPS) is 10.7. The van der Waals surface area contributed by atoms with Gasteiger partial charge >= 0.3 is 0 Å². The van der Waals surface area contributed by atoms with E-state index in [1.165, 1.54) is 35.9 Å². The maximum atomic E-state index is 13.5. The van der Waals surface area contributed by atoms with Crippen LogP contribution in [-0.2, 0) is 6.54 Å². The molecule has 3 rings (SSSR count). The Morgan fingerprint density at radius 2 is 1.96 bits per heavy atom. The Labute approximate surface area is 144 Å². The molecule has 128 valence electrons. The summed E-state index contributed by atoms with van der Waals surface area (Å²) < 4.78 is 20.0. The van der Waals surface area contributed by atoms with E-state index in [-0.39, 0.29) is 18.4 Å². The van der Waals surface area contributed by atoms with E-state index in [1.807, 2.05) is 24.3 Å². The highest BCUT2D eigenvalue weighted by atomic mass is 19.1. The van der Waals surface area contributed by atoms with Crippen molar-refractivity contribution >= 4 is 22.7 Å². The van der Waals surface area contributed by atoms with Gasteiger partial charge in [0, 0.05) is 30.6 Å². The molecule has 1 N–H and O–H groups in total. The van der Waals surface area contributed by atoms with Crippen LogP contribution in [0.3, 0.4) is 0 Å². The average molecular weight is 340 g/mol. The average Bonchev–Trinajstić information content (AvgIpc) is 2.98. The number of aromatic nitrogens is 1. The smallest absolute Gasteiger partial charge is 0.253 e. The number of carbonyl (C=O) groups is 2. The van der Waals surface area contributed by atoms with Gasteiger partial charge < -0.3 is 10.1 Å². The fourth-order valence-electron chi connectivity index (χ4n) is 2.76. The third-order valence-electron chi connectivity index (χ3n) is 3.98. The quantitative estimate of drug-likeness (QED) is 0.792. The van der Waals surface area contributed by atoms with Gasteiger partial charge in [0.15, 0.2) is 0 Å². The third kappa shape index (κ3) is 3.24. The van der Waals surface area contributed by atoms with Gasteiger partial charge in [-0.25, -0.2) is 4.39 Å². The molecule has 0 radical (unpaired) electrons. The van der Waals surface area contributed by atoms with E-state index in [9.17, 15) is 14.0 Å². The summed E-state index contributed by atoms with van der Waals surface area (Å²) in [4.78, 5) is 24.3. The second kappa shape index (κ2) is 6.76. The molecule has 0 unspecified atom stereocenters. The minimum atomic E-state index is -0.464. The molecular weight excluding hydrogens is 323 g/mol. The van der Waals surface area contributed by atoms with Crippen LogP contribution in [0.15, 0.2) is 48.7 Å². The largest absolute Gasteiger partial charge is 0.496 e. The zero-order chi connectivity index (χ0) is 18.0. The first-order chi connectivity index (χ1) is 12.0. The standard InChI is InChI=1S/C19H17FN2O3/c1-12(23)22-11-16(15-8-7-14(20)9-17(15)22)19(24)21-10-13-5-3-4-6-18(13)25-2/h3-9,11H,10H2,1-2H3,(H,21,24). The lowest BCUT2D eigenvalue weighted by atomic mass is 10.1. The number of ether oxygens (including phenoxy) is 1. The SMILES string of the molecule is COc1ccccc1CNC(=O)c1cn(C(C)=O)c2cc(F)ccc12. The van der Waals surface area contributed by atoms with Crippen molar-refractivity contribution in [3.05, 3.63) is 65.6 Å². The summed E-state index contributed by atoms with van der Waals surface area (Å²) in [5.41, 5.74) is 1.52. The molecule has 1 aromatic heterocycles. The molecule has 3 aromatic rings. The number of benzene rings is 2. The Bertz CT molecular complexity index is 962. The molecule has 0 aliphatic heterocycles. The van der Waals surface area contributed by atoms with Crippen molar-refractivity contribution in [2.24, 2.45) is 0 Å². The van der Waals surface area contributed by atoms with Crippen molar-refractivity contribution < 1.29 is 18.7 Å². The second-order valence-corrected chi connectivity index (χ2v) is 5.59. The van der Waals surface area contributed by atoms with Crippen LogP contribution in [0.2, 0.25) is 0 Å². The van der Waals surface area contributed by atoms with Crippen molar-refractivity contribution in [1.29, 1.82) is 0 Å². The first kappa shape index (κ1) is 16.7. The molecule has 6 heteroatoms. The topological polar surface area (TPSA) is 60.3 Å². The Balaban J connectivity index is 1.91. The summed E-state index contributed by atoms with van der Waals surface area (Å²) in [6.45, 7) is 1.64. The number of methoxy groups -OCH3 is 1. The lowest BCUT2D eigenvalue weighted by molar-refractivity contribution is 0.0941. The van der Waals surface area contributed by atoms with Gasteiger partial charge in [0.25, 0.3) is 5.91 Å². The van der Waals surface area contributed by atoms with Gasteiger partial charge in [-0.05, 0) is 24.3 Å². The lowest BCUT2D eigenvalue weighted by Crippen LogP contribution is -2.23. The molecule has 0 atom stereocenters. The van der Waals surface area contributed by atoms with Gasteiger partial charge in [-0.1, -0.05) is 18.2 Å². The molecule has 1 amide bonds. The van der Waals surface area contributed by atoms with Crippen molar-refractivity contribution in [1.82, 2.24) is 9.88 Å². The van der Waals surface area contributed by atoms with E-state index >= 15 is 0 Å². The molecule has 2 aromatic carbocycles. The maximum Gasteiger partial charge on any atom is 0.253 e. The Morgan fingerprint density at radius 3 is 2.68 bits per heavy atom. The molecule has 0 saturated heterocycles. The van der Waals surface area contributed by atoms with E-state index in [0.29, 0.717) is 22.2 Å². The van der Waals surface area contributed by atoms with Crippen LogP contribution in [-0.4, -0.2) is 23.5 Å². The van der Waals surface area contributed by atoms with Gasteiger partial charge in [-0.15, -0.1) is 0 Å². The van der Waals surface area contributed by atoms with Crippen LogP contribution in [0.5, 0.6) is 5.75 Å². The van der Waals surface area contributed by atoms with E-state index in [2.05, 4.69) is 5.32 Å². The molecule has 0 aliphatic carbocycles. The fourth-order valence-corrected chi connectivity index (χ4v) is 2.76. The minimum absolute atomic E-state index is 0.275. The van der Waals surface area contributed by atoms with E-state index in [1.54, 1.807) is 7.11 Å². The van der Waals surface area contributed by atoms with Crippen molar-refractivity contribution in [3.63, 3.8) is 0 Å². The predicted octanol–water partition coefficient (Wildman–Crippen LogP) is 3.38. The number of nitrogens with zero attached hydrogens (tertiary/aromatic N) is 1. The first-order valence-electron chi connectivity index (χ1n) is 7.73. The molecule has 1 heterocycles. The number of para-hydroxylation sites is 1. The summed E-state index contributed by atoms with van der Waals surface area (Å²) in [7, 11) is 1.57. The molecule has 0 fully saturated rings. The number of fused-ring (bicyclic) bond motifs is 1. The number of halogens is 1. The number of rotatable bonds is 4. The summed E-state index contributed by atoms with van der Waals surface area (Å²) >= 11 is 0. The lowest BCUT2D eigenvalue weighted by Gasteiger charge is -2.09. The molecule has 5 nitrogen and oxygen atoms in total. The number of hydrogen-bond acceptors (Lipinski definition) is 3. The Hall–Kier alpha value is -3.15. The monoisotopic (exact) mass is 340 g/mol. The molecule has 0 saturated carbocycles. The second-order valence-electron chi connectivity index (χ2n) is 5.59. The zero-order valence-corrected chi connectivity index (χ0v) is 13.9. The van der Waals surface area contributed by atoms with Crippen molar-refractivity contribution in [3.8, 4) is 5.75 Å². The highest BCUT2D eigenvalue weighted by Crippen LogP contribution is 2.23. The molecule has 0 aliphatic rings. The van der Waals surface area contributed by atoms with Crippen LogP contribution >= 0.6 is 0 Å². The van der Waals surface area contributed by atoms with Gasteiger partial charge in [-0.3, -0.25) is 14.2 Å². The Morgan fingerprint density at radius 1 is 1.20 bits per heavy atom. The number of nitrogens with one attached hydrogen (secondary N) is 1. The number of amides is 1. The molecular formula is C19H17FN2O3. The maximum absolute atomic E-state index is 13.5. The third-order valence-corrected chi connectivity index (χ3v) is 3.98. The van der Waals surface area contributed by atoms with Gasteiger partial charge in [0.2, 0.25) is 5.91 Å². The summed E-state index contributed by atoms with van der Waals surface area (Å²) in [6.07, 6.45) is 1.43. The summed E-state index contributed by atoms with van der Waals surface area (Å²) in [5, 5.41) is 3.33. The highest BCUT2D eigenvalue weighted by molar-refractivity contribution is 6.09. The summed E-state index contributed by atoms with van der Waals surface area (Å²) in [5.74, 6) is -0.424. The number of carbonyl (C=O) groups excluding carboxylic acids is 2. The van der Waals surface area contributed by atoms with Crippen LogP contribution in [0.25, 0.3) is 10.9 Å². The molecule has 0 bridgehead atoms. The van der Waals surface area contributed by atoms with E-state index in [4.69, 9.17) is 4.74 Å². The van der Waals surface area contributed by atoms with Crippen molar-refractivity contribution in [2.75, 3.05) is 7.11 Å². The molecule has 25 heavy (non-hydrogen) atoms. The zero-order valence-electron chi connectivity index (χ0n) is 13.9. The number of hydrogen-bond donors (Lipinski definition) is 1. The molecule has 0 spiro atoms. The van der Waals surface area contributed by atoms with Gasteiger partial charge in [-0.2, -0.15) is 0 Å². The first-order valence-corrected chi connectivity index (χ1v) is 7.73. The Kier molecular flexibility index (Phi) is 4.52. The van der Waals surface area contributed by atoms with E-state index in [0.717, 1.165) is 5.56 Å². The minimum Gasteiger partial charge on any atom is -0.496 e. The van der Waals surface area contributed by atoms with Gasteiger partial charge in [0.05, 0.1) is 18.2 Å². The fraction of sp³-hybridized carbons (Fsp3) is 0.158. The van der Waals surface area contributed by atoms with Gasteiger partial charge in [0.1, 0.15) is 11.6 Å². The van der Waals surface area contributed by atoms with Crippen molar-refractivity contribution in [2.45, 2.75) is 13.5 Å². The van der Waals surface area contributed by atoms with Crippen LogP contribution in [0, 0.1) is 5.82 Å². The summed E-state index contributed by atoms with van der Waals surface area (Å²) in [6, 6.07) is 11.4.